The first-order chi connectivity index (χ1) is 11.7. The lowest BCUT2D eigenvalue weighted by Crippen LogP contribution is -2.47. The lowest BCUT2D eigenvalue weighted by atomic mass is 10.00. The van der Waals surface area contributed by atoms with Gasteiger partial charge in [0.05, 0.1) is 6.54 Å². The average molecular weight is 386 g/mol. The zero-order valence-electron chi connectivity index (χ0n) is 13.7. The Labute approximate surface area is 151 Å². The second kappa shape index (κ2) is 6.34. The highest BCUT2D eigenvalue weighted by molar-refractivity contribution is 9.10. The number of rotatable bonds is 2. The van der Waals surface area contributed by atoms with Crippen LogP contribution in [0.3, 0.4) is 0 Å². The van der Waals surface area contributed by atoms with Gasteiger partial charge in [-0.25, -0.2) is 0 Å². The average Bonchev–Trinajstić information content (AvgIpc) is 2.73. The molecule has 0 radical (unpaired) electrons. The van der Waals surface area contributed by atoms with E-state index in [2.05, 4.69) is 37.5 Å². The summed E-state index contributed by atoms with van der Waals surface area (Å²) in [6.07, 6.45) is 4.67. The van der Waals surface area contributed by atoms with E-state index in [1.54, 1.807) is 0 Å². The molecule has 2 aliphatic rings. The number of anilines is 1. The SMILES string of the molecule is O[C@@]1(c2ccc(Br)cc2)C[N+]2=C(CCCCC2)N1c1ccccc1. The molecule has 0 saturated heterocycles. The molecule has 0 aromatic heterocycles. The summed E-state index contributed by atoms with van der Waals surface area (Å²) in [6, 6.07) is 18.3. The van der Waals surface area contributed by atoms with Crippen molar-refractivity contribution in [3.05, 3.63) is 64.6 Å². The molecule has 2 heterocycles. The molecule has 0 aliphatic carbocycles. The Balaban J connectivity index is 1.83. The molecule has 1 atom stereocenters. The van der Waals surface area contributed by atoms with Gasteiger partial charge in [0.2, 0.25) is 0 Å². The predicted octanol–water partition coefficient (Wildman–Crippen LogP) is 4.10. The van der Waals surface area contributed by atoms with Crippen LogP contribution in [0.4, 0.5) is 5.69 Å². The molecule has 0 bridgehead atoms. The van der Waals surface area contributed by atoms with E-state index in [9.17, 15) is 5.11 Å². The van der Waals surface area contributed by atoms with Crippen LogP contribution >= 0.6 is 15.9 Å². The molecule has 4 heteroatoms. The van der Waals surface area contributed by atoms with Crippen molar-refractivity contribution in [2.75, 3.05) is 18.0 Å². The van der Waals surface area contributed by atoms with E-state index in [0.717, 1.165) is 28.7 Å². The molecule has 0 fully saturated rings. The molecular weight excluding hydrogens is 364 g/mol. The van der Waals surface area contributed by atoms with Crippen LogP contribution in [0, 0.1) is 0 Å². The maximum absolute atomic E-state index is 11.7. The minimum Gasteiger partial charge on any atom is -0.346 e. The van der Waals surface area contributed by atoms with Crippen molar-refractivity contribution in [3.8, 4) is 0 Å². The molecule has 2 aromatic rings. The van der Waals surface area contributed by atoms with Gasteiger partial charge in [-0.1, -0.05) is 46.3 Å². The van der Waals surface area contributed by atoms with Gasteiger partial charge in [0, 0.05) is 16.5 Å². The summed E-state index contributed by atoms with van der Waals surface area (Å²) < 4.78 is 3.41. The van der Waals surface area contributed by atoms with Crippen LogP contribution in [-0.2, 0) is 5.72 Å². The third-order valence-corrected chi connectivity index (χ3v) is 5.58. The Morgan fingerprint density at radius 3 is 2.46 bits per heavy atom. The van der Waals surface area contributed by atoms with Crippen molar-refractivity contribution < 1.29 is 9.68 Å². The zero-order chi connectivity index (χ0) is 16.6. The van der Waals surface area contributed by atoms with Gasteiger partial charge in [-0.3, -0.25) is 4.58 Å². The van der Waals surface area contributed by atoms with Crippen LogP contribution in [0.25, 0.3) is 0 Å². The van der Waals surface area contributed by atoms with Crippen LogP contribution < -0.4 is 4.90 Å². The van der Waals surface area contributed by atoms with Crippen molar-refractivity contribution in [2.45, 2.75) is 31.4 Å². The molecule has 24 heavy (non-hydrogen) atoms. The summed E-state index contributed by atoms with van der Waals surface area (Å²) in [5, 5.41) is 11.7. The van der Waals surface area contributed by atoms with Crippen LogP contribution in [0.15, 0.2) is 59.1 Å². The van der Waals surface area contributed by atoms with Crippen molar-refractivity contribution >= 4 is 27.5 Å². The lowest BCUT2D eigenvalue weighted by Gasteiger charge is -2.29. The van der Waals surface area contributed by atoms with Crippen LogP contribution in [0.2, 0.25) is 0 Å². The number of amidine groups is 1. The summed E-state index contributed by atoms with van der Waals surface area (Å²) in [4.78, 5) is 2.15. The molecule has 0 saturated carbocycles. The van der Waals surface area contributed by atoms with E-state index >= 15 is 0 Å². The monoisotopic (exact) mass is 385 g/mol. The highest BCUT2D eigenvalue weighted by atomic mass is 79.9. The third-order valence-electron chi connectivity index (χ3n) is 5.05. The second-order valence-electron chi connectivity index (χ2n) is 6.64. The van der Waals surface area contributed by atoms with Gasteiger partial charge in [-0.2, -0.15) is 4.90 Å². The number of aliphatic hydroxyl groups is 1. The van der Waals surface area contributed by atoms with Gasteiger partial charge in [0.1, 0.15) is 5.69 Å². The van der Waals surface area contributed by atoms with Gasteiger partial charge in [0.25, 0.3) is 11.6 Å². The molecule has 124 valence electrons. The van der Waals surface area contributed by atoms with Crippen LogP contribution in [0.1, 0.15) is 31.2 Å². The maximum atomic E-state index is 11.7. The standard InChI is InChI=1S/C20H22BrN2O/c21-17-12-10-16(11-13-17)20(24)15-22-14-6-2-5-9-19(22)23(20)18-7-3-1-4-8-18/h1,3-4,7-8,10-13,24H,2,5-6,9,14-15H2/q+1/t20-/m1/s1. The van der Waals surface area contributed by atoms with E-state index in [4.69, 9.17) is 0 Å². The highest BCUT2D eigenvalue weighted by Crippen LogP contribution is 2.37. The topological polar surface area (TPSA) is 26.5 Å². The molecular formula is C20H22BrN2O+. The summed E-state index contributed by atoms with van der Waals surface area (Å²) in [6.45, 7) is 1.65. The van der Waals surface area contributed by atoms with Crippen molar-refractivity contribution in [1.82, 2.24) is 0 Å². The molecule has 0 amide bonds. The molecule has 2 aromatic carbocycles. The van der Waals surface area contributed by atoms with E-state index in [0.29, 0.717) is 6.54 Å². The number of halogens is 1. The normalized spacial score (nSPS) is 24.0. The number of para-hydroxylation sites is 1. The third kappa shape index (κ3) is 2.68. The van der Waals surface area contributed by atoms with Gasteiger partial charge in [-0.15, -0.1) is 0 Å². The molecule has 0 unspecified atom stereocenters. The number of nitrogens with zero attached hydrogens (tertiary/aromatic N) is 2. The number of hydrogen-bond donors (Lipinski definition) is 1. The Morgan fingerprint density at radius 2 is 1.71 bits per heavy atom. The fraction of sp³-hybridized carbons (Fsp3) is 0.350. The Bertz CT molecular complexity index is 757. The fourth-order valence-electron chi connectivity index (χ4n) is 3.90. The zero-order valence-corrected chi connectivity index (χ0v) is 15.2. The van der Waals surface area contributed by atoms with Gasteiger partial charge >= 0.3 is 0 Å². The predicted molar refractivity (Wildman–Crippen MR) is 100 cm³/mol. The number of hydrogen-bond acceptors (Lipinski definition) is 2. The van der Waals surface area contributed by atoms with E-state index < -0.39 is 5.72 Å². The maximum Gasteiger partial charge on any atom is 0.275 e. The first-order valence-corrected chi connectivity index (χ1v) is 9.42. The van der Waals surface area contributed by atoms with Gasteiger partial charge in [0.15, 0.2) is 6.54 Å². The summed E-state index contributed by atoms with van der Waals surface area (Å²) in [5.41, 5.74) is 0.979. The molecule has 1 N–H and O–H groups in total. The van der Waals surface area contributed by atoms with E-state index in [-0.39, 0.29) is 0 Å². The van der Waals surface area contributed by atoms with Crippen LogP contribution in [0.5, 0.6) is 0 Å². The second-order valence-corrected chi connectivity index (χ2v) is 7.56. The van der Waals surface area contributed by atoms with Crippen molar-refractivity contribution in [3.63, 3.8) is 0 Å². The summed E-state index contributed by atoms with van der Waals surface area (Å²) in [7, 11) is 0. The smallest absolute Gasteiger partial charge is 0.275 e. The first-order valence-electron chi connectivity index (χ1n) is 8.63. The van der Waals surface area contributed by atoms with Crippen LogP contribution in [-0.4, -0.2) is 28.6 Å². The largest absolute Gasteiger partial charge is 0.346 e. The Morgan fingerprint density at radius 1 is 0.958 bits per heavy atom. The summed E-state index contributed by atoms with van der Waals surface area (Å²) >= 11 is 3.49. The minimum absolute atomic E-state index is 0.624. The van der Waals surface area contributed by atoms with Crippen molar-refractivity contribution in [2.24, 2.45) is 0 Å². The van der Waals surface area contributed by atoms with E-state index in [1.165, 1.54) is 25.1 Å². The quantitative estimate of drug-likeness (QED) is 0.787. The Hall–Kier alpha value is -1.65. The first kappa shape index (κ1) is 15.9. The van der Waals surface area contributed by atoms with Gasteiger partial charge in [-0.05, 0) is 43.5 Å². The molecule has 3 nitrogen and oxygen atoms in total. The Kier molecular flexibility index (Phi) is 4.19. The van der Waals surface area contributed by atoms with E-state index in [1.807, 2.05) is 42.5 Å². The molecule has 2 aliphatic heterocycles. The minimum atomic E-state index is -1.02. The number of benzene rings is 2. The summed E-state index contributed by atoms with van der Waals surface area (Å²) in [5.74, 6) is 1.25. The lowest BCUT2D eigenvalue weighted by molar-refractivity contribution is -0.534. The van der Waals surface area contributed by atoms with Gasteiger partial charge < -0.3 is 5.11 Å². The molecule has 4 rings (SSSR count). The van der Waals surface area contributed by atoms with Crippen molar-refractivity contribution in [1.29, 1.82) is 0 Å². The highest BCUT2D eigenvalue weighted by Gasteiger charge is 2.53. The molecule has 0 spiro atoms. The fourth-order valence-corrected chi connectivity index (χ4v) is 4.16.